The summed E-state index contributed by atoms with van der Waals surface area (Å²) in [6.45, 7) is 8.45. The summed E-state index contributed by atoms with van der Waals surface area (Å²) in [6, 6.07) is 0.410. The van der Waals surface area contributed by atoms with Gasteiger partial charge in [-0.3, -0.25) is 0 Å². The fraction of sp³-hybridized carbons (Fsp3) is 1.00. The van der Waals surface area contributed by atoms with Crippen LogP contribution in [0.15, 0.2) is 0 Å². The molecule has 0 aromatic heterocycles. The van der Waals surface area contributed by atoms with E-state index in [-0.39, 0.29) is 6.10 Å². The Morgan fingerprint density at radius 1 is 1.47 bits per heavy atom. The molecular formula is C12H25NO2. The van der Waals surface area contributed by atoms with Crippen LogP contribution < -0.4 is 5.32 Å². The first kappa shape index (κ1) is 12.9. The average molecular weight is 215 g/mol. The molecule has 1 saturated heterocycles. The van der Waals surface area contributed by atoms with Crippen molar-refractivity contribution in [3.63, 3.8) is 0 Å². The summed E-state index contributed by atoms with van der Waals surface area (Å²) in [5.41, 5.74) is 0. The van der Waals surface area contributed by atoms with Crippen LogP contribution in [0.2, 0.25) is 0 Å². The van der Waals surface area contributed by atoms with Gasteiger partial charge in [0.2, 0.25) is 0 Å². The molecule has 0 amide bonds. The fourth-order valence-electron chi connectivity index (χ4n) is 2.08. The number of hydrogen-bond donors (Lipinski definition) is 1. The van der Waals surface area contributed by atoms with Gasteiger partial charge in [-0.2, -0.15) is 0 Å². The lowest BCUT2D eigenvalue weighted by atomic mass is 9.99. The lowest BCUT2D eigenvalue weighted by molar-refractivity contribution is 0.0737. The van der Waals surface area contributed by atoms with Gasteiger partial charge in [-0.05, 0) is 32.6 Å². The summed E-state index contributed by atoms with van der Waals surface area (Å²) in [5, 5.41) is 3.53. The second-order valence-corrected chi connectivity index (χ2v) is 4.50. The zero-order valence-corrected chi connectivity index (χ0v) is 10.5. The van der Waals surface area contributed by atoms with Crippen molar-refractivity contribution >= 4 is 0 Å². The molecule has 3 heteroatoms. The third-order valence-corrected chi connectivity index (χ3v) is 3.53. The standard InChI is InChI=1S/C12H25NO2/c1-5-12-11(6-7-15-12)8-13-9(2)10(3)14-4/h9-13H,5-8H2,1-4H3. The van der Waals surface area contributed by atoms with Crippen molar-refractivity contribution in [2.45, 2.75) is 51.9 Å². The summed E-state index contributed by atoms with van der Waals surface area (Å²) >= 11 is 0. The van der Waals surface area contributed by atoms with Gasteiger partial charge in [0.15, 0.2) is 0 Å². The predicted molar refractivity (Wildman–Crippen MR) is 62.1 cm³/mol. The van der Waals surface area contributed by atoms with Crippen LogP contribution in [0, 0.1) is 5.92 Å². The maximum Gasteiger partial charge on any atom is 0.0693 e. The maximum atomic E-state index is 5.66. The summed E-state index contributed by atoms with van der Waals surface area (Å²) < 4.78 is 10.9. The van der Waals surface area contributed by atoms with E-state index in [1.54, 1.807) is 7.11 Å². The Morgan fingerprint density at radius 3 is 2.80 bits per heavy atom. The summed E-state index contributed by atoms with van der Waals surface area (Å²) in [6.07, 6.45) is 3.05. The van der Waals surface area contributed by atoms with Crippen LogP contribution in [0.25, 0.3) is 0 Å². The Balaban J connectivity index is 2.24. The smallest absolute Gasteiger partial charge is 0.0693 e. The Hall–Kier alpha value is -0.120. The van der Waals surface area contributed by atoms with E-state index in [4.69, 9.17) is 9.47 Å². The molecule has 90 valence electrons. The minimum absolute atomic E-state index is 0.271. The van der Waals surface area contributed by atoms with Crippen molar-refractivity contribution < 1.29 is 9.47 Å². The minimum atomic E-state index is 0.271. The summed E-state index contributed by atoms with van der Waals surface area (Å²) in [7, 11) is 1.76. The van der Waals surface area contributed by atoms with Crippen molar-refractivity contribution in [2.75, 3.05) is 20.3 Å². The molecular weight excluding hydrogens is 190 g/mol. The van der Waals surface area contributed by atoms with Crippen LogP contribution in [0.5, 0.6) is 0 Å². The van der Waals surface area contributed by atoms with Crippen molar-refractivity contribution in [1.29, 1.82) is 0 Å². The highest BCUT2D eigenvalue weighted by molar-refractivity contribution is 4.79. The Morgan fingerprint density at radius 2 is 2.20 bits per heavy atom. The molecule has 1 heterocycles. The molecule has 0 bridgehead atoms. The van der Waals surface area contributed by atoms with Gasteiger partial charge < -0.3 is 14.8 Å². The largest absolute Gasteiger partial charge is 0.380 e. The van der Waals surface area contributed by atoms with Crippen LogP contribution in [0.1, 0.15) is 33.6 Å². The highest BCUT2D eigenvalue weighted by atomic mass is 16.5. The molecule has 1 aliphatic rings. The zero-order valence-electron chi connectivity index (χ0n) is 10.5. The van der Waals surface area contributed by atoms with Crippen LogP contribution >= 0.6 is 0 Å². The van der Waals surface area contributed by atoms with Gasteiger partial charge in [0.25, 0.3) is 0 Å². The van der Waals surface area contributed by atoms with E-state index in [0.29, 0.717) is 18.1 Å². The molecule has 3 nitrogen and oxygen atoms in total. The van der Waals surface area contributed by atoms with E-state index in [1.807, 2.05) is 0 Å². The topological polar surface area (TPSA) is 30.5 Å². The third-order valence-electron chi connectivity index (χ3n) is 3.53. The van der Waals surface area contributed by atoms with Crippen molar-refractivity contribution in [2.24, 2.45) is 5.92 Å². The van der Waals surface area contributed by atoms with E-state index < -0.39 is 0 Å². The molecule has 1 fully saturated rings. The number of rotatable bonds is 6. The number of nitrogens with one attached hydrogen (secondary N) is 1. The van der Waals surface area contributed by atoms with Crippen LogP contribution in [-0.2, 0) is 9.47 Å². The second kappa shape index (κ2) is 6.46. The van der Waals surface area contributed by atoms with Gasteiger partial charge in [-0.25, -0.2) is 0 Å². The van der Waals surface area contributed by atoms with Crippen molar-refractivity contribution in [3.8, 4) is 0 Å². The Labute approximate surface area is 93.5 Å². The first-order chi connectivity index (χ1) is 7.19. The lowest BCUT2D eigenvalue weighted by Gasteiger charge is -2.23. The molecule has 1 N–H and O–H groups in total. The normalized spacial score (nSPS) is 30.4. The van der Waals surface area contributed by atoms with Gasteiger partial charge in [0.1, 0.15) is 0 Å². The highest BCUT2D eigenvalue weighted by Gasteiger charge is 2.27. The van der Waals surface area contributed by atoms with Gasteiger partial charge >= 0.3 is 0 Å². The van der Waals surface area contributed by atoms with E-state index in [2.05, 4.69) is 26.1 Å². The first-order valence-corrected chi connectivity index (χ1v) is 6.06. The number of methoxy groups -OCH3 is 1. The van der Waals surface area contributed by atoms with Crippen molar-refractivity contribution in [1.82, 2.24) is 5.32 Å². The minimum Gasteiger partial charge on any atom is -0.380 e. The maximum absolute atomic E-state index is 5.66. The Kier molecular flexibility index (Phi) is 5.58. The summed E-state index contributed by atoms with van der Waals surface area (Å²) in [4.78, 5) is 0. The molecule has 0 spiro atoms. The zero-order chi connectivity index (χ0) is 11.3. The quantitative estimate of drug-likeness (QED) is 0.733. The molecule has 4 unspecified atom stereocenters. The van der Waals surface area contributed by atoms with E-state index in [0.717, 1.165) is 19.6 Å². The third kappa shape index (κ3) is 3.74. The molecule has 0 aromatic carbocycles. The molecule has 0 saturated carbocycles. The lowest BCUT2D eigenvalue weighted by Crippen LogP contribution is -2.40. The van der Waals surface area contributed by atoms with Gasteiger partial charge in [-0.1, -0.05) is 6.92 Å². The molecule has 0 radical (unpaired) electrons. The first-order valence-electron chi connectivity index (χ1n) is 6.06. The molecule has 1 aliphatic heterocycles. The molecule has 4 atom stereocenters. The fourth-order valence-corrected chi connectivity index (χ4v) is 2.08. The molecule has 1 rings (SSSR count). The highest BCUT2D eigenvalue weighted by Crippen LogP contribution is 2.22. The predicted octanol–water partition coefficient (Wildman–Crippen LogP) is 1.81. The van der Waals surface area contributed by atoms with Gasteiger partial charge in [0.05, 0.1) is 12.2 Å². The SMILES string of the molecule is CCC1OCCC1CNC(C)C(C)OC. The van der Waals surface area contributed by atoms with E-state index in [1.165, 1.54) is 6.42 Å². The van der Waals surface area contributed by atoms with Crippen LogP contribution in [-0.4, -0.2) is 38.5 Å². The van der Waals surface area contributed by atoms with Crippen molar-refractivity contribution in [3.05, 3.63) is 0 Å². The van der Waals surface area contributed by atoms with Crippen LogP contribution in [0.4, 0.5) is 0 Å². The number of ether oxygens (including phenoxy) is 2. The average Bonchev–Trinajstić information content (AvgIpc) is 2.71. The monoisotopic (exact) mass is 215 g/mol. The van der Waals surface area contributed by atoms with Gasteiger partial charge in [0, 0.05) is 26.3 Å². The van der Waals surface area contributed by atoms with E-state index in [9.17, 15) is 0 Å². The van der Waals surface area contributed by atoms with Gasteiger partial charge in [-0.15, -0.1) is 0 Å². The molecule has 0 aromatic rings. The molecule has 15 heavy (non-hydrogen) atoms. The second-order valence-electron chi connectivity index (χ2n) is 4.50. The number of hydrogen-bond acceptors (Lipinski definition) is 3. The van der Waals surface area contributed by atoms with Crippen LogP contribution in [0.3, 0.4) is 0 Å². The summed E-state index contributed by atoms with van der Waals surface area (Å²) in [5.74, 6) is 0.682. The van der Waals surface area contributed by atoms with E-state index >= 15 is 0 Å². The Bertz CT molecular complexity index is 175. The molecule has 0 aliphatic carbocycles.